The fourth-order valence-electron chi connectivity index (χ4n) is 2.99. The molecule has 1 aliphatic rings. The lowest BCUT2D eigenvalue weighted by Crippen LogP contribution is -2.48. The summed E-state index contributed by atoms with van der Waals surface area (Å²) in [5, 5.41) is 2.90. The van der Waals surface area contributed by atoms with E-state index in [1.165, 1.54) is 6.07 Å². The summed E-state index contributed by atoms with van der Waals surface area (Å²) in [6, 6.07) is 11.3. The Morgan fingerprint density at radius 3 is 2.39 bits per heavy atom. The van der Waals surface area contributed by atoms with Crippen LogP contribution in [0, 0.1) is 3.57 Å². The number of nitrogens with zero attached hydrogens (tertiary/aromatic N) is 3. The molecular weight excluding hydrogens is 484 g/mol. The van der Waals surface area contributed by atoms with Crippen LogP contribution >= 0.6 is 22.6 Å². The van der Waals surface area contributed by atoms with E-state index in [1.54, 1.807) is 18.2 Å². The Hall–Kier alpha value is -1.88. The van der Waals surface area contributed by atoms with Crippen LogP contribution in [-0.2, 0) is 6.18 Å². The van der Waals surface area contributed by atoms with Crippen molar-refractivity contribution in [2.45, 2.75) is 6.18 Å². The first-order chi connectivity index (χ1) is 13.3. The molecule has 0 atom stereocenters. The number of hydrogen-bond donors (Lipinski definition) is 1. The topological polar surface area (TPSA) is 48.5 Å². The summed E-state index contributed by atoms with van der Waals surface area (Å²) in [5.41, 5.74) is -0.244. The number of benzene rings is 1. The molecule has 5 nitrogen and oxygen atoms in total. The fourth-order valence-corrected chi connectivity index (χ4v) is 3.35. The van der Waals surface area contributed by atoms with Crippen molar-refractivity contribution in [2.24, 2.45) is 0 Å². The molecule has 0 radical (unpaired) electrons. The number of anilines is 1. The molecule has 2 heterocycles. The van der Waals surface area contributed by atoms with Gasteiger partial charge in [0.25, 0.3) is 5.91 Å². The van der Waals surface area contributed by atoms with Crippen molar-refractivity contribution < 1.29 is 18.0 Å². The fraction of sp³-hybridized carbons (Fsp3) is 0.368. The molecule has 3 rings (SSSR count). The second kappa shape index (κ2) is 9.08. The molecule has 1 aliphatic heterocycles. The van der Waals surface area contributed by atoms with Gasteiger partial charge in [-0.1, -0.05) is 6.07 Å². The first-order valence-electron chi connectivity index (χ1n) is 8.88. The van der Waals surface area contributed by atoms with Crippen molar-refractivity contribution in [2.75, 3.05) is 44.2 Å². The van der Waals surface area contributed by atoms with E-state index in [9.17, 15) is 18.0 Å². The van der Waals surface area contributed by atoms with Crippen LogP contribution in [0.2, 0.25) is 0 Å². The Labute approximate surface area is 175 Å². The number of pyridine rings is 1. The van der Waals surface area contributed by atoms with E-state index in [0.29, 0.717) is 50.6 Å². The van der Waals surface area contributed by atoms with Crippen LogP contribution in [0.15, 0.2) is 42.5 Å². The van der Waals surface area contributed by atoms with E-state index in [0.717, 1.165) is 9.64 Å². The molecule has 1 amide bonds. The van der Waals surface area contributed by atoms with Gasteiger partial charge in [0.05, 0.1) is 0 Å². The van der Waals surface area contributed by atoms with Crippen molar-refractivity contribution >= 4 is 34.3 Å². The third-order valence-electron chi connectivity index (χ3n) is 4.54. The van der Waals surface area contributed by atoms with Gasteiger partial charge in [-0.15, -0.1) is 0 Å². The number of hydrogen-bond acceptors (Lipinski definition) is 4. The Balaban J connectivity index is 1.44. The minimum atomic E-state index is -4.44. The lowest BCUT2D eigenvalue weighted by Gasteiger charge is -2.35. The zero-order valence-corrected chi connectivity index (χ0v) is 17.2. The molecule has 28 heavy (non-hydrogen) atoms. The second-order valence-corrected chi connectivity index (χ2v) is 7.72. The maximum Gasteiger partial charge on any atom is 0.433 e. The molecule has 1 saturated heterocycles. The number of alkyl halides is 3. The number of aromatic nitrogens is 1. The smallest absolute Gasteiger partial charge is 0.354 e. The second-order valence-electron chi connectivity index (χ2n) is 6.47. The summed E-state index contributed by atoms with van der Waals surface area (Å²) in [7, 11) is 0. The van der Waals surface area contributed by atoms with E-state index >= 15 is 0 Å². The highest BCUT2D eigenvalue weighted by Crippen LogP contribution is 2.29. The van der Waals surface area contributed by atoms with Crippen LogP contribution in [-0.4, -0.2) is 55.1 Å². The normalized spacial score (nSPS) is 15.5. The number of nitrogens with one attached hydrogen (secondary N) is 1. The van der Waals surface area contributed by atoms with Gasteiger partial charge in [0.2, 0.25) is 0 Å². The summed E-state index contributed by atoms with van der Waals surface area (Å²) >= 11 is 2.19. The van der Waals surface area contributed by atoms with Gasteiger partial charge in [-0.2, -0.15) is 13.2 Å². The van der Waals surface area contributed by atoms with Gasteiger partial charge in [0.1, 0.15) is 11.5 Å². The molecule has 0 unspecified atom stereocenters. The number of amides is 1. The van der Waals surface area contributed by atoms with Crippen molar-refractivity contribution in [1.82, 2.24) is 15.2 Å². The summed E-state index contributed by atoms with van der Waals surface area (Å²) < 4.78 is 39.5. The third kappa shape index (κ3) is 5.57. The predicted octanol–water partition coefficient (Wildman–Crippen LogP) is 3.26. The molecule has 1 aromatic carbocycles. The molecule has 0 aliphatic carbocycles. The number of carbonyl (C=O) groups is 1. The molecule has 1 fully saturated rings. The maximum atomic E-state index is 12.8. The number of halogens is 4. The van der Waals surface area contributed by atoms with Gasteiger partial charge in [-0.05, 0) is 59.0 Å². The zero-order valence-electron chi connectivity index (χ0n) is 15.0. The molecule has 150 valence electrons. The molecular formula is C19H20F3IN4O. The summed E-state index contributed by atoms with van der Waals surface area (Å²) in [6.45, 7) is 3.82. The van der Waals surface area contributed by atoms with Crippen molar-refractivity contribution in [3.05, 3.63) is 57.3 Å². The van der Waals surface area contributed by atoms with Crippen LogP contribution < -0.4 is 10.2 Å². The van der Waals surface area contributed by atoms with E-state index in [2.05, 4.69) is 37.8 Å². The quantitative estimate of drug-likeness (QED) is 0.636. The van der Waals surface area contributed by atoms with Gasteiger partial charge in [0.15, 0.2) is 0 Å². The van der Waals surface area contributed by atoms with Crippen LogP contribution in [0.5, 0.6) is 0 Å². The molecule has 2 aromatic rings. The lowest BCUT2D eigenvalue weighted by atomic mass is 10.2. The number of carbonyl (C=O) groups excluding carboxylic acids is 1. The van der Waals surface area contributed by atoms with E-state index in [4.69, 9.17) is 0 Å². The zero-order chi connectivity index (χ0) is 20.1. The Kier molecular flexibility index (Phi) is 6.76. The first kappa shape index (κ1) is 20.8. The van der Waals surface area contributed by atoms with Crippen molar-refractivity contribution in [3.8, 4) is 0 Å². The van der Waals surface area contributed by atoms with Gasteiger partial charge in [-0.25, -0.2) is 4.98 Å². The molecule has 9 heteroatoms. The Morgan fingerprint density at radius 2 is 1.75 bits per heavy atom. The SMILES string of the molecule is O=C(NCCN1CCN(c2cccc(C(F)(F)F)n2)CC1)c1ccc(I)cc1. The number of piperazine rings is 1. The van der Waals surface area contributed by atoms with Crippen molar-refractivity contribution in [1.29, 1.82) is 0 Å². The largest absolute Gasteiger partial charge is 0.433 e. The monoisotopic (exact) mass is 504 g/mol. The van der Waals surface area contributed by atoms with Crippen LogP contribution in [0.4, 0.5) is 19.0 Å². The standard InChI is InChI=1S/C19H20F3IN4O/c20-19(21,22)16-2-1-3-17(25-16)27-12-10-26(11-13-27)9-8-24-18(28)14-4-6-15(23)7-5-14/h1-7H,8-13H2,(H,24,28). The molecule has 0 bridgehead atoms. The third-order valence-corrected chi connectivity index (χ3v) is 5.26. The van der Waals surface area contributed by atoms with Gasteiger partial charge in [-0.3, -0.25) is 9.69 Å². The minimum absolute atomic E-state index is 0.108. The molecule has 1 N–H and O–H groups in total. The van der Waals surface area contributed by atoms with Crippen LogP contribution in [0.1, 0.15) is 16.1 Å². The average Bonchev–Trinajstić information content (AvgIpc) is 2.68. The molecule has 0 spiro atoms. The van der Waals surface area contributed by atoms with Crippen LogP contribution in [0.3, 0.4) is 0 Å². The summed E-state index contributed by atoms with van der Waals surface area (Å²) in [5.74, 6) is 0.240. The van der Waals surface area contributed by atoms with Gasteiger partial charge >= 0.3 is 6.18 Å². The highest BCUT2D eigenvalue weighted by molar-refractivity contribution is 14.1. The minimum Gasteiger partial charge on any atom is -0.354 e. The molecule has 1 aromatic heterocycles. The van der Waals surface area contributed by atoms with E-state index < -0.39 is 11.9 Å². The highest BCUT2D eigenvalue weighted by atomic mass is 127. The van der Waals surface area contributed by atoms with Gasteiger partial charge < -0.3 is 10.2 Å². The van der Waals surface area contributed by atoms with Crippen molar-refractivity contribution in [3.63, 3.8) is 0 Å². The summed E-state index contributed by atoms with van der Waals surface area (Å²) in [6.07, 6.45) is -4.44. The van der Waals surface area contributed by atoms with E-state index in [-0.39, 0.29) is 5.91 Å². The first-order valence-corrected chi connectivity index (χ1v) is 9.96. The lowest BCUT2D eigenvalue weighted by molar-refractivity contribution is -0.141. The Bertz CT molecular complexity index is 806. The number of rotatable bonds is 5. The van der Waals surface area contributed by atoms with Gasteiger partial charge in [0, 0.05) is 48.4 Å². The molecule has 0 saturated carbocycles. The Morgan fingerprint density at radius 1 is 1.07 bits per heavy atom. The highest BCUT2D eigenvalue weighted by Gasteiger charge is 2.33. The van der Waals surface area contributed by atoms with Crippen LogP contribution in [0.25, 0.3) is 0 Å². The maximum absolute atomic E-state index is 12.8. The van der Waals surface area contributed by atoms with E-state index in [1.807, 2.05) is 17.0 Å². The average molecular weight is 504 g/mol. The predicted molar refractivity (Wildman–Crippen MR) is 109 cm³/mol. The summed E-state index contributed by atoms with van der Waals surface area (Å²) in [4.78, 5) is 19.9.